The number of rotatable bonds is 6. The monoisotopic (exact) mass is 343 g/mol. The maximum absolute atomic E-state index is 9.08. The van der Waals surface area contributed by atoms with Crippen molar-refractivity contribution in [3.05, 3.63) is 65.4 Å². The highest BCUT2D eigenvalue weighted by Gasteiger charge is 2.10. The first kappa shape index (κ1) is 17.1. The van der Waals surface area contributed by atoms with Gasteiger partial charge >= 0.3 is 0 Å². The van der Waals surface area contributed by atoms with Crippen molar-refractivity contribution in [1.82, 2.24) is 15.4 Å². The number of nitrogens with one attached hydrogen (secondary N) is 1. The number of nitrogens with zero attached hydrogens (tertiary/aromatic N) is 4. The van der Waals surface area contributed by atoms with Crippen LogP contribution in [0.4, 0.5) is 5.69 Å². The van der Waals surface area contributed by atoms with Crippen molar-refractivity contribution in [2.45, 2.75) is 6.92 Å². The Hall–Kier alpha value is -3.72. The van der Waals surface area contributed by atoms with Crippen LogP contribution in [0.25, 0.3) is 17.3 Å². The molecule has 3 aromatic rings. The lowest BCUT2D eigenvalue weighted by Gasteiger charge is -2.08. The number of benzene rings is 2. The predicted octanol–water partition coefficient (Wildman–Crippen LogP) is 4.16. The van der Waals surface area contributed by atoms with Gasteiger partial charge in [-0.15, -0.1) is 5.10 Å². The number of para-hydroxylation sites is 1. The maximum atomic E-state index is 9.08. The van der Waals surface area contributed by atoms with E-state index in [0.29, 0.717) is 23.7 Å². The van der Waals surface area contributed by atoms with Gasteiger partial charge in [-0.1, -0.05) is 41.6 Å². The highest BCUT2D eigenvalue weighted by molar-refractivity contribution is 5.67. The minimum atomic E-state index is 0.326. The van der Waals surface area contributed by atoms with Crippen LogP contribution in [0.3, 0.4) is 0 Å². The van der Waals surface area contributed by atoms with E-state index >= 15 is 0 Å². The molecule has 128 valence electrons. The van der Waals surface area contributed by atoms with E-state index in [2.05, 4.69) is 27.1 Å². The average Bonchev–Trinajstić information content (AvgIpc) is 3.16. The lowest BCUT2D eigenvalue weighted by molar-refractivity contribution is 0.353. The summed E-state index contributed by atoms with van der Waals surface area (Å²) in [6.07, 6.45) is 2.03. The standard InChI is InChI=1S/C20H17N5O/c1-14(10-15-6-3-4-9-18(15)22-2)13-26-17-8-5-7-16(11-17)20-19(12-21)23-25-24-20/h3-11H,2,13H2,1H3,(H,23,24,25)/b14-10+. The molecule has 1 heterocycles. The first-order valence-electron chi connectivity index (χ1n) is 7.98. The van der Waals surface area contributed by atoms with Crippen LogP contribution < -0.4 is 4.74 Å². The molecule has 0 unspecified atom stereocenters. The van der Waals surface area contributed by atoms with Gasteiger partial charge in [0.15, 0.2) is 5.69 Å². The molecule has 0 aliphatic carbocycles. The third kappa shape index (κ3) is 3.84. The molecule has 0 spiro atoms. The smallest absolute Gasteiger partial charge is 0.163 e. The Morgan fingerprint density at radius 1 is 1.31 bits per heavy atom. The van der Waals surface area contributed by atoms with Crippen molar-refractivity contribution < 1.29 is 4.74 Å². The van der Waals surface area contributed by atoms with Crippen molar-refractivity contribution in [2.24, 2.45) is 4.99 Å². The number of ether oxygens (including phenoxy) is 1. The topological polar surface area (TPSA) is 87.0 Å². The van der Waals surface area contributed by atoms with Crippen LogP contribution in [0.5, 0.6) is 5.75 Å². The molecule has 26 heavy (non-hydrogen) atoms. The van der Waals surface area contributed by atoms with Crippen LogP contribution in [0.1, 0.15) is 18.2 Å². The SMILES string of the molecule is C=Nc1ccccc1/C=C(\C)COc1cccc(-c2nn[nH]c2C#N)c1. The highest BCUT2D eigenvalue weighted by Crippen LogP contribution is 2.25. The van der Waals surface area contributed by atoms with Crippen LogP contribution in [0, 0.1) is 11.3 Å². The molecule has 1 N–H and O–H groups in total. The Bertz CT molecular complexity index is 997. The molecule has 0 amide bonds. The Balaban J connectivity index is 1.74. The Morgan fingerprint density at radius 3 is 2.96 bits per heavy atom. The second kappa shape index (κ2) is 7.90. The number of aromatic amines is 1. The third-order valence-corrected chi connectivity index (χ3v) is 3.74. The van der Waals surface area contributed by atoms with Gasteiger partial charge < -0.3 is 4.74 Å². The molecule has 6 heteroatoms. The first-order chi connectivity index (χ1) is 12.7. The van der Waals surface area contributed by atoms with E-state index < -0.39 is 0 Å². The number of H-pyrrole nitrogens is 1. The van der Waals surface area contributed by atoms with Gasteiger partial charge in [0.25, 0.3) is 0 Å². The zero-order valence-corrected chi connectivity index (χ0v) is 14.3. The number of hydrogen-bond donors (Lipinski definition) is 1. The zero-order valence-electron chi connectivity index (χ0n) is 14.3. The predicted molar refractivity (Wildman–Crippen MR) is 101 cm³/mol. The summed E-state index contributed by atoms with van der Waals surface area (Å²) >= 11 is 0. The Labute approximate surface area is 151 Å². The fourth-order valence-corrected chi connectivity index (χ4v) is 2.50. The lowest BCUT2D eigenvalue weighted by atomic mass is 10.1. The van der Waals surface area contributed by atoms with E-state index in [1.54, 1.807) is 0 Å². The fraction of sp³-hybridized carbons (Fsp3) is 0.100. The van der Waals surface area contributed by atoms with Gasteiger partial charge in [0.1, 0.15) is 24.1 Å². The minimum Gasteiger partial charge on any atom is -0.489 e. The normalized spacial score (nSPS) is 11.0. The summed E-state index contributed by atoms with van der Waals surface area (Å²) < 4.78 is 5.87. The number of aromatic nitrogens is 3. The van der Waals surface area contributed by atoms with Gasteiger partial charge in [-0.3, -0.25) is 4.99 Å². The molecule has 0 atom stereocenters. The summed E-state index contributed by atoms with van der Waals surface area (Å²) in [5, 5.41) is 19.3. The fourth-order valence-electron chi connectivity index (χ4n) is 2.50. The molecule has 6 nitrogen and oxygen atoms in total. The molecule has 2 aromatic carbocycles. The molecule has 0 radical (unpaired) electrons. The molecule has 0 saturated carbocycles. The van der Waals surface area contributed by atoms with Gasteiger partial charge in [-0.25, -0.2) is 5.10 Å². The summed E-state index contributed by atoms with van der Waals surface area (Å²) in [5.74, 6) is 0.692. The van der Waals surface area contributed by atoms with Crippen LogP contribution in [-0.2, 0) is 0 Å². The second-order valence-electron chi connectivity index (χ2n) is 5.67. The van der Waals surface area contributed by atoms with E-state index in [-0.39, 0.29) is 0 Å². The van der Waals surface area contributed by atoms with Crippen molar-refractivity contribution in [1.29, 1.82) is 5.26 Å². The summed E-state index contributed by atoms with van der Waals surface area (Å²) in [6, 6.07) is 17.3. The Morgan fingerprint density at radius 2 is 2.15 bits per heavy atom. The summed E-state index contributed by atoms with van der Waals surface area (Å²) in [7, 11) is 0. The molecular formula is C20H17N5O. The van der Waals surface area contributed by atoms with E-state index in [9.17, 15) is 0 Å². The minimum absolute atomic E-state index is 0.326. The Kier molecular flexibility index (Phi) is 5.20. The van der Waals surface area contributed by atoms with Crippen molar-refractivity contribution in [3.63, 3.8) is 0 Å². The van der Waals surface area contributed by atoms with Gasteiger partial charge in [-0.05, 0) is 37.4 Å². The molecule has 0 bridgehead atoms. The highest BCUT2D eigenvalue weighted by atomic mass is 16.5. The molecule has 1 aromatic heterocycles. The third-order valence-electron chi connectivity index (χ3n) is 3.74. The number of aliphatic imine (C=N–C) groups is 1. The van der Waals surface area contributed by atoms with E-state index in [4.69, 9.17) is 10.00 Å². The van der Waals surface area contributed by atoms with Gasteiger partial charge in [0, 0.05) is 11.1 Å². The van der Waals surface area contributed by atoms with E-state index in [0.717, 1.165) is 22.4 Å². The summed E-state index contributed by atoms with van der Waals surface area (Å²) in [6.45, 7) is 6.02. The summed E-state index contributed by atoms with van der Waals surface area (Å²) in [4.78, 5) is 4.02. The molecule has 0 aliphatic heterocycles. The first-order valence-corrected chi connectivity index (χ1v) is 7.98. The second-order valence-corrected chi connectivity index (χ2v) is 5.67. The van der Waals surface area contributed by atoms with Gasteiger partial charge in [0.2, 0.25) is 0 Å². The molecule has 0 fully saturated rings. The molecular weight excluding hydrogens is 326 g/mol. The van der Waals surface area contributed by atoms with Gasteiger partial charge in [-0.2, -0.15) is 5.26 Å². The van der Waals surface area contributed by atoms with Crippen LogP contribution in [0.2, 0.25) is 0 Å². The number of nitriles is 1. The zero-order chi connectivity index (χ0) is 18.4. The van der Waals surface area contributed by atoms with E-state index in [1.807, 2.05) is 67.6 Å². The van der Waals surface area contributed by atoms with Crippen LogP contribution >= 0.6 is 0 Å². The summed E-state index contributed by atoms with van der Waals surface area (Å²) in [5.41, 5.74) is 4.49. The lowest BCUT2D eigenvalue weighted by Crippen LogP contribution is -1.99. The molecule has 0 aliphatic rings. The van der Waals surface area contributed by atoms with Gasteiger partial charge in [0.05, 0.1) is 5.69 Å². The van der Waals surface area contributed by atoms with Crippen molar-refractivity contribution >= 4 is 18.5 Å². The number of hydrogen-bond acceptors (Lipinski definition) is 5. The largest absolute Gasteiger partial charge is 0.489 e. The van der Waals surface area contributed by atoms with Crippen molar-refractivity contribution in [3.8, 4) is 23.1 Å². The quantitative estimate of drug-likeness (QED) is 0.681. The molecule has 0 saturated heterocycles. The van der Waals surface area contributed by atoms with Crippen molar-refractivity contribution in [2.75, 3.05) is 6.61 Å². The van der Waals surface area contributed by atoms with Crippen LogP contribution in [-0.4, -0.2) is 28.7 Å². The van der Waals surface area contributed by atoms with Crippen LogP contribution in [0.15, 0.2) is 59.1 Å². The average molecular weight is 343 g/mol. The maximum Gasteiger partial charge on any atom is 0.163 e. The molecule has 3 rings (SSSR count). The van der Waals surface area contributed by atoms with E-state index in [1.165, 1.54) is 0 Å².